The van der Waals surface area contributed by atoms with E-state index in [9.17, 15) is 0 Å². The van der Waals surface area contributed by atoms with Crippen LogP contribution in [0.1, 0.15) is 18.1 Å². The largest absolute Gasteiger partial charge is 0.300 e. The molecule has 0 bridgehead atoms. The number of allylic oxidation sites excluding steroid dienone is 1. The molecule has 1 N–H and O–H groups in total. The van der Waals surface area contributed by atoms with Crippen LogP contribution in [0.2, 0.25) is 0 Å². The van der Waals surface area contributed by atoms with Crippen molar-refractivity contribution < 1.29 is 0 Å². The average Bonchev–Trinajstić information content (AvgIpc) is 2.41. The number of hydrogen-bond donors (Lipinski definition) is 1. The predicted octanol–water partition coefficient (Wildman–Crippen LogP) is 3.16. The van der Waals surface area contributed by atoms with Crippen LogP contribution >= 0.6 is 11.8 Å². The molecular weight excluding hydrogens is 178 g/mol. The van der Waals surface area contributed by atoms with Crippen LogP contribution in [0.4, 0.5) is 0 Å². The summed E-state index contributed by atoms with van der Waals surface area (Å²) in [5.74, 6) is 0. The highest BCUT2D eigenvalue weighted by Crippen LogP contribution is 2.38. The van der Waals surface area contributed by atoms with Crippen molar-refractivity contribution in [3.63, 3.8) is 0 Å². The molecule has 0 aromatic heterocycles. The lowest BCUT2D eigenvalue weighted by atomic mass is 10.1. The van der Waals surface area contributed by atoms with Crippen molar-refractivity contribution in [1.82, 2.24) is 0 Å². The molecule has 0 amide bonds. The SMILES string of the molecule is CSC1=C(C)C(=N)c2ccccc21. The molecule has 0 atom stereocenters. The van der Waals surface area contributed by atoms with E-state index >= 15 is 0 Å². The van der Waals surface area contributed by atoms with Crippen LogP contribution in [-0.2, 0) is 0 Å². The van der Waals surface area contributed by atoms with Crippen molar-refractivity contribution in [3.8, 4) is 0 Å². The van der Waals surface area contributed by atoms with Gasteiger partial charge in [0, 0.05) is 10.5 Å². The molecule has 13 heavy (non-hydrogen) atoms. The second-order valence-corrected chi connectivity index (χ2v) is 3.90. The molecule has 0 heterocycles. The van der Waals surface area contributed by atoms with Crippen LogP contribution in [0.3, 0.4) is 0 Å². The first-order valence-corrected chi connectivity index (χ1v) is 5.41. The van der Waals surface area contributed by atoms with Gasteiger partial charge in [-0.25, -0.2) is 0 Å². The summed E-state index contributed by atoms with van der Waals surface area (Å²) in [6, 6.07) is 8.13. The molecule has 1 aliphatic rings. The van der Waals surface area contributed by atoms with E-state index < -0.39 is 0 Å². The highest BCUT2D eigenvalue weighted by Gasteiger charge is 2.22. The molecular formula is C11H11NS. The zero-order valence-corrected chi connectivity index (χ0v) is 8.53. The summed E-state index contributed by atoms with van der Waals surface area (Å²) < 4.78 is 0. The third kappa shape index (κ3) is 1.13. The van der Waals surface area contributed by atoms with E-state index in [-0.39, 0.29) is 0 Å². The normalized spacial score (nSPS) is 15.1. The van der Waals surface area contributed by atoms with Gasteiger partial charge in [0.05, 0.1) is 5.71 Å². The van der Waals surface area contributed by atoms with Crippen molar-refractivity contribution in [1.29, 1.82) is 5.41 Å². The molecule has 1 aromatic rings. The van der Waals surface area contributed by atoms with Gasteiger partial charge in [0.1, 0.15) is 0 Å². The molecule has 2 heteroatoms. The van der Waals surface area contributed by atoms with Gasteiger partial charge in [0.25, 0.3) is 0 Å². The van der Waals surface area contributed by atoms with Crippen molar-refractivity contribution >= 4 is 22.4 Å². The van der Waals surface area contributed by atoms with Crippen LogP contribution in [0, 0.1) is 5.41 Å². The first-order chi connectivity index (χ1) is 6.25. The van der Waals surface area contributed by atoms with E-state index in [2.05, 4.69) is 12.3 Å². The Morgan fingerprint density at radius 1 is 1.15 bits per heavy atom. The van der Waals surface area contributed by atoms with Crippen molar-refractivity contribution in [3.05, 3.63) is 41.0 Å². The van der Waals surface area contributed by atoms with Crippen molar-refractivity contribution in [2.45, 2.75) is 6.92 Å². The molecule has 1 nitrogen and oxygen atoms in total. The molecule has 1 aromatic carbocycles. The minimum absolute atomic E-state index is 0.681. The molecule has 0 spiro atoms. The molecule has 0 saturated heterocycles. The van der Waals surface area contributed by atoms with Gasteiger partial charge in [-0.05, 0) is 24.3 Å². The van der Waals surface area contributed by atoms with Gasteiger partial charge in [-0.1, -0.05) is 24.3 Å². The fraction of sp³-hybridized carbons (Fsp3) is 0.182. The number of rotatable bonds is 1. The second-order valence-electron chi connectivity index (χ2n) is 3.08. The van der Waals surface area contributed by atoms with Crippen LogP contribution in [0.25, 0.3) is 4.91 Å². The fourth-order valence-electron chi connectivity index (χ4n) is 1.68. The van der Waals surface area contributed by atoms with Crippen LogP contribution in [0.5, 0.6) is 0 Å². The van der Waals surface area contributed by atoms with Crippen LogP contribution < -0.4 is 0 Å². The van der Waals surface area contributed by atoms with Gasteiger partial charge < -0.3 is 0 Å². The third-order valence-corrected chi connectivity index (χ3v) is 3.30. The molecule has 2 rings (SSSR count). The first-order valence-electron chi connectivity index (χ1n) is 4.19. The predicted molar refractivity (Wildman–Crippen MR) is 59.4 cm³/mol. The lowest BCUT2D eigenvalue weighted by Gasteiger charge is -2.00. The summed E-state index contributed by atoms with van der Waals surface area (Å²) >= 11 is 1.73. The molecule has 0 unspecified atom stereocenters. The molecule has 66 valence electrons. The highest BCUT2D eigenvalue weighted by atomic mass is 32.2. The van der Waals surface area contributed by atoms with E-state index in [4.69, 9.17) is 5.41 Å². The highest BCUT2D eigenvalue weighted by molar-refractivity contribution is 8.07. The van der Waals surface area contributed by atoms with Crippen LogP contribution in [0.15, 0.2) is 29.8 Å². The minimum Gasteiger partial charge on any atom is -0.300 e. The van der Waals surface area contributed by atoms with Crippen molar-refractivity contribution in [2.24, 2.45) is 0 Å². The number of benzene rings is 1. The Labute approximate surface area is 82.4 Å². The molecule has 0 aliphatic heterocycles. The van der Waals surface area contributed by atoms with Gasteiger partial charge in [0.2, 0.25) is 0 Å². The Hall–Kier alpha value is -1.02. The molecule has 0 radical (unpaired) electrons. The average molecular weight is 189 g/mol. The van der Waals surface area contributed by atoms with Gasteiger partial charge >= 0.3 is 0 Å². The zero-order valence-electron chi connectivity index (χ0n) is 7.72. The Bertz CT molecular complexity index is 404. The topological polar surface area (TPSA) is 23.9 Å². The Kier molecular flexibility index (Phi) is 2.00. The first kappa shape index (κ1) is 8.57. The number of nitrogens with one attached hydrogen (secondary N) is 1. The summed E-state index contributed by atoms with van der Waals surface area (Å²) in [4.78, 5) is 1.25. The quantitative estimate of drug-likeness (QED) is 0.720. The molecule has 0 saturated carbocycles. The maximum absolute atomic E-state index is 7.90. The van der Waals surface area contributed by atoms with E-state index in [0.29, 0.717) is 5.71 Å². The summed E-state index contributed by atoms with van der Waals surface area (Å²) in [5, 5.41) is 7.90. The van der Waals surface area contributed by atoms with E-state index in [1.54, 1.807) is 11.8 Å². The maximum Gasteiger partial charge on any atom is 0.0659 e. The lowest BCUT2D eigenvalue weighted by molar-refractivity contribution is 1.46. The van der Waals surface area contributed by atoms with Gasteiger partial charge in [-0.2, -0.15) is 0 Å². The smallest absolute Gasteiger partial charge is 0.0659 e. The fourth-order valence-corrected chi connectivity index (χ4v) is 2.49. The molecule has 0 fully saturated rings. The van der Waals surface area contributed by atoms with E-state index in [1.807, 2.05) is 25.1 Å². The van der Waals surface area contributed by atoms with Crippen molar-refractivity contribution in [2.75, 3.05) is 6.26 Å². The summed E-state index contributed by atoms with van der Waals surface area (Å²) in [7, 11) is 0. The Morgan fingerprint density at radius 3 is 2.38 bits per heavy atom. The number of hydrogen-bond acceptors (Lipinski definition) is 2. The monoisotopic (exact) mass is 189 g/mol. The lowest BCUT2D eigenvalue weighted by Crippen LogP contribution is -1.94. The van der Waals surface area contributed by atoms with E-state index in [0.717, 1.165) is 11.1 Å². The zero-order chi connectivity index (χ0) is 9.42. The van der Waals surface area contributed by atoms with Gasteiger partial charge in [-0.15, -0.1) is 11.8 Å². The summed E-state index contributed by atoms with van der Waals surface area (Å²) in [6.07, 6.45) is 2.06. The summed E-state index contributed by atoms with van der Waals surface area (Å²) in [6.45, 7) is 2.02. The Balaban J connectivity index is 2.67. The standard InChI is InChI=1S/C11H11NS/c1-7-10(12)8-5-3-4-6-9(8)11(7)13-2/h3-6,12H,1-2H3. The molecule has 1 aliphatic carbocycles. The number of thioether (sulfide) groups is 1. The van der Waals surface area contributed by atoms with Gasteiger partial charge in [0.15, 0.2) is 0 Å². The van der Waals surface area contributed by atoms with Gasteiger partial charge in [-0.3, -0.25) is 5.41 Å². The third-order valence-electron chi connectivity index (χ3n) is 2.36. The van der Waals surface area contributed by atoms with E-state index in [1.165, 1.54) is 10.5 Å². The number of fused-ring (bicyclic) bond motifs is 1. The Morgan fingerprint density at radius 2 is 1.77 bits per heavy atom. The summed E-state index contributed by atoms with van der Waals surface area (Å²) in [5.41, 5.74) is 4.08. The van der Waals surface area contributed by atoms with Crippen LogP contribution in [-0.4, -0.2) is 12.0 Å². The maximum atomic E-state index is 7.90. The minimum atomic E-state index is 0.681. The second kappa shape index (κ2) is 3.04.